The molecule has 118 valence electrons. The molecule has 1 heterocycles. The molecule has 1 fully saturated rings. The second-order valence-electron chi connectivity index (χ2n) is 7.44. The number of aryl methyl sites for hydroxylation is 1. The molecule has 1 aliphatic carbocycles. The van der Waals surface area contributed by atoms with Crippen molar-refractivity contribution in [2.45, 2.75) is 58.3 Å². The van der Waals surface area contributed by atoms with Gasteiger partial charge in [-0.3, -0.25) is 0 Å². The van der Waals surface area contributed by atoms with Gasteiger partial charge in [0.15, 0.2) is 0 Å². The molecule has 0 atom stereocenters. The lowest BCUT2D eigenvalue weighted by molar-refractivity contribution is 0.482. The Morgan fingerprint density at radius 3 is 2.45 bits per heavy atom. The summed E-state index contributed by atoms with van der Waals surface area (Å²) in [6, 6.07) is 9.32. The zero-order chi connectivity index (χ0) is 15.9. The van der Waals surface area contributed by atoms with Crippen LogP contribution in [0.25, 0.3) is 16.7 Å². The predicted octanol–water partition coefficient (Wildman–Crippen LogP) is 5.89. The first kappa shape index (κ1) is 15.4. The van der Waals surface area contributed by atoms with E-state index in [-0.39, 0.29) is 0 Å². The molecule has 0 radical (unpaired) electrons. The normalized spacial score (nSPS) is 16.4. The number of benzene rings is 1. The average Bonchev–Trinajstić information content (AvgIpc) is 3.03. The van der Waals surface area contributed by atoms with Gasteiger partial charge >= 0.3 is 0 Å². The van der Waals surface area contributed by atoms with Crippen molar-refractivity contribution in [1.29, 1.82) is 0 Å². The summed E-state index contributed by atoms with van der Waals surface area (Å²) in [5.74, 6) is 0.861. The van der Waals surface area contributed by atoms with Crippen LogP contribution in [0.1, 0.15) is 43.0 Å². The van der Waals surface area contributed by atoms with Crippen molar-refractivity contribution in [3.05, 3.63) is 42.1 Å². The number of hydrogen-bond donors (Lipinski definition) is 0. The van der Waals surface area contributed by atoms with Crippen molar-refractivity contribution in [2.75, 3.05) is 0 Å². The lowest BCUT2D eigenvalue weighted by Gasteiger charge is -2.25. The molecular formula is C19H27NOSi. The van der Waals surface area contributed by atoms with Gasteiger partial charge in [0.1, 0.15) is 5.76 Å². The fourth-order valence-corrected chi connectivity index (χ4v) is 4.57. The first-order chi connectivity index (χ1) is 10.4. The molecule has 0 bridgehead atoms. The SMILES string of the molecule is C=C(O[Si](C)(C)C)c1c(C)c2ccccc2n1C1CCCC1. The maximum Gasteiger partial charge on any atom is 0.242 e. The molecule has 3 rings (SSSR count). The minimum atomic E-state index is -1.65. The standard InChI is InChI=1S/C19H27NOSi/c1-14-17-12-8-9-13-18(17)20(16-10-6-7-11-16)19(14)15(2)21-22(3,4)5/h8-9,12-13,16H,2,6-7,10-11H2,1,3-5H3. The maximum absolute atomic E-state index is 6.26. The van der Waals surface area contributed by atoms with Crippen molar-refractivity contribution in [3.63, 3.8) is 0 Å². The third kappa shape index (κ3) is 2.74. The van der Waals surface area contributed by atoms with Crippen molar-refractivity contribution in [2.24, 2.45) is 0 Å². The largest absolute Gasteiger partial charge is 0.543 e. The second kappa shape index (κ2) is 5.62. The third-order valence-electron chi connectivity index (χ3n) is 4.55. The Morgan fingerprint density at radius 2 is 1.82 bits per heavy atom. The summed E-state index contributed by atoms with van der Waals surface area (Å²) in [5.41, 5.74) is 3.86. The number of rotatable bonds is 4. The molecule has 3 heteroatoms. The fraction of sp³-hybridized carbons (Fsp3) is 0.474. The van der Waals surface area contributed by atoms with Crippen LogP contribution in [-0.2, 0) is 4.43 Å². The van der Waals surface area contributed by atoms with Crippen LogP contribution in [0.3, 0.4) is 0 Å². The maximum atomic E-state index is 6.26. The van der Waals surface area contributed by atoms with Crippen molar-refractivity contribution >= 4 is 25.0 Å². The molecule has 2 aromatic rings. The number of fused-ring (bicyclic) bond motifs is 1. The van der Waals surface area contributed by atoms with Gasteiger partial charge in [0.25, 0.3) is 0 Å². The quantitative estimate of drug-likeness (QED) is 0.507. The molecule has 1 aromatic heterocycles. The van der Waals surface area contributed by atoms with E-state index in [1.54, 1.807) is 0 Å². The van der Waals surface area contributed by atoms with Crippen LogP contribution in [0.2, 0.25) is 19.6 Å². The van der Waals surface area contributed by atoms with Crippen LogP contribution in [-0.4, -0.2) is 12.9 Å². The molecular weight excluding hydrogens is 286 g/mol. The van der Waals surface area contributed by atoms with E-state index in [4.69, 9.17) is 4.43 Å². The van der Waals surface area contributed by atoms with E-state index in [9.17, 15) is 0 Å². The average molecular weight is 314 g/mol. The van der Waals surface area contributed by atoms with Gasteiger partial charge in [-0.2, -0.15) is 0 Å². The molecule has 1 aliphatic rings. The summed E-state index contributed by atoms with van der Waals surface area (Å²) in [4.78, 5) is 0. The van der Waals surface area contributed by atoms with E-state index in [1.807, 2.05) is 0 Å². The van der Waals surface area contributed by atoms with Crippen molar-refractivity contribution in [3.8, 4) is 0 Å². The Kier molecular flexibility index (Phi) is 3.94. The van der Waals surface area contributed by atoms with E-state index in [0.717, 1.165) is 5.76 Å². The van der Waals surface area contributed by atoms with Gasteiger partial charge < -0.3 is 8.99 Å². The van der Waals surface area contributed by atoms with Gasteiger partial charge in [-0.05, 0) is 51.0 Å². The van der Waals surface area contributed by atoms with Gasteiger partial charge in [-0.1, -0.05) is 37.6 Å². The Hall–Kier alpha value is -1.48. The first-order valence-corrected chi connectivity index (χ1v) is 11.8. The van der Waals surface area contributed by atoms with Crippen LogP contribution >= 0.6 is 0 Å². The fourth-order valence-electron chi connectivity index (χ4n) is 3.73. The minimum Gasteiger partial charge on any atom is -0.543 e. The summed E-state index contributed by atoms with van der Waals surface area (Å²) in [7, 11) is -1.65. The molecule has 2 nitrogen and oxygen atoms in total. The lowest BCUT2D eigenvalue weighted by Crippen LogP contribution is -2.25. The smallest absolute Gasteiger partial charge is 0.242 e. The van der Waals surface area contributed by atoms with Crippen LogP contribution in [0.4, 0.5) is 0 Å². The lowest BCUT2D eigenvalue weighted by atomic mass is 10.1. The molecule has 0 amide bonds. The van der Waals surface area contributed by atoms with Crippen LogP contribution in [0.5, 0.6) is 0 Å². The number of aromatic nitrogens is 1. The van der Waals surface area contributed by atoms with Gasteiger partial charge in [0.05, 0.1) is 5.69 Å². The second-order valence-corrected chi connectivity index (χ2v) is 11.9. The Labute approximate surface area is 134 Å². The zero-order valence-corrected chi connectivity index (χ0v) is 15.3. The topological polar surface area (TPSA) is 14.2 Å². The highest BCUT2D eigenvalue weighted by atomic mass is 28.4. The Bertz CT molecular complexity index is 702. The minimum absolute atomic E-state index is 0.593. The number of para-hydroxylation sites is 1. The van der Waals surface area contributed by atoms with Gasteiger partial charge in [-0.25, -0.2) is 0 Å². The zero-order valence-electron chi connectivity index (χ0n) is 14.3. The highest BCUT2D eigenvalue weighted by Gasteiger charge is 2.27. The molecule has 22 heavy (non-hydrogen) atoms. The van der Waals surface area contributed by atoms with Crippen molar-refractivity contribution < 1.29 is 4.43 Å². The predicted molar refractivity (Wildman–Crippen MR) is 97.6 cm³/mol. The van der Waals surface area contributed by atoms with E-state index in [0.29, 0.717) is 6.04 Å². The van der Waals surface area contributed by atoms with Crippen LogP contribution in [0.15, 0.2) is 30.8 Å². The summed E-state index contributed by atoms with van der Waals surface area (Å²) < 4.78 is 8.77. The van der Waals surface area contributed by atoms with Gasteiger partial charge in [0.2, 0.25) is 8.32 Å². The molecule has 0 spiro atoms. The highest BCUT2D eigenvalue weighted by Crippen LogP contribution is 2.39. The molecule has 0 N–H and O–H groups in total. The van der Waals surface area contributed by atoms with Crippen LogP contribution in [0, 0.1) is 6.92 Å². The summed E-state index contributed by atoms with van der Waals surface area (Å²) >= 11 is 0. The molecule has 0 aliphatic heterocycles. The first-order valence-electron chi connectivity index (χ1n) is 8.36. The monoisotopic (exact) mass is 313 g/mol. The molecule has 1 aromatic carbocycles. The third-order valence-corrected chi connectivity index (χ3v) is 5.41. The summed E-state index contributed by atoms with van der Waals surface area (Å²) in [5, 5.41) is 1.34. The van der Waals surface area contributed by atoms with Crippen molar-refractivity contribution in [1.82, 2.24) is 4.57 Å². The van der Waals surface area contributed by atoms with Gasteiger partial charge in [0, 0.05) is 16.9 Å². The number of hydrogen-bond acceptors (Lipinski definition) is 1. The summed E-state index contributed by atoms with van der Waals surface area (Å²) in [6.07, 6.45) is 5.20. The van der Waals surface area contributed by atoms with E-state index >= 15 is 0 Å². The molecule has 1 saturated carbocycles. The highest BCUT2D eigenvalue weighted by molar-refractivity contribution is 6.70. The summed E-state index contributed by atoms with van der Waals surface area (Å²) in [6.45, 7) is 13.2. The molecule has 0 saturated heterocycles. The van der Waals surface area contributed by atoms with E-state index in [1.165, 1.54) is 47.8 Å². The Balaban J connectivity index is 2.17. The van der Waals surface area contributed by atoms with E-state index < -0.39 is 8.32 Å². The Morgan fingerprint density at radius 1 is 1.18 bits per heavy atom. The number of nitrogens with zero attached hydrogens (tertiary/aromatic N) is 1. The van der Waals surface area contributed by atoms with Crippen LogP contribution < -0.4 is 0 Å². The van der Waals surface area contributed by atoms with E-state index in [2.05, 4.69) is 62.0 Å². The van der Waals surface area contributed by atoms with Gasteiger partial charge in [-0.15, -0.1) is 0 Å². The molecule has 0 unspecified atom stereocenters.